The van der Waals surface area contributed by atoms with Crippen LogP contribution >= 0.6 is 0 Å². The highest BCUT2D eigenvalue weighted by atomic mass is 16.5. The van der Waals surface area contributed by atoms with Crippen LogP contribution in [0.2, 0.25) is 0 Å². The first-order chi connectivity index (χ1) is 7.18. The standard InChI is InChI=1S/C10H16N4O/c1-7-9(3-4-15-7)14(2)10-12-5-8(11)6-13-10/h5-7,9H,3-4,11H2,1-2H3. The Bertz CT molecular complexity index is 327. The molecule has 0 amide bonds. The average Bonchev–Trinajstić information content (AvgIpc) is 2.65. The van der Waals surface area contributed by atoms with Crippen LogP contribution in [0.25, 0.3) is 0 Å². The third-order valence-corrected chi connectivity index (χ3v) is 2.81. The van der Waals surface area contributed by atoms with Crippen LogP contribution in [-0.2, 0) is 4.74 Å². The first-order valence-electron chi connectivity index (χ1n) is 5.10. The predicted octanol–water partition coefficient (Wildman–Crippen LogP) is 0.672. The smallest absolute Gasteiger partial charge is 0.225 e. The third-order valence-electron chi connectivity index (χ3n) is 2.81. The number of aromatic nitrogens is 2. The molecule has 0 aliphatic carbocycles. The van der Waals surface area contributed by atoms with E-state index in [9.17, 15) is 0 Å². The van der Waals surface area contributed by atoms with Crippen LogP contribution in [0.3, 0.4) is 0 Å². The molecular weight excluding hydrogens is 192 g/mol. The maximum absolute atomic E-state index is 5.54. The van der Waals surface area contributed by atoms with Gasteiger partial charge in [0.05, 0.1) is 30.2 Å². The van der Waals surface area contributed by atoms with Crippen molar-refractivity contribution in [2.75, 3.05) is 24.3 Å². The number of likely N-dealkylation sites (N-methyl/N-ethyl adjacent to an activating group) is 1. The summed E-state index contributed by atoms with van der Waals surface area (Å²) in [6.07, 6.45) is 4.50. The van der Waals surface area contributed by atoms with E-state index in [1.807, 2.05) is 7.05 Å². The molecule has 1 fully saturated rings. The highest BCUT2D eigenvalue weighted by Crippen LogP contribution is 2.21. The summed E-state index contributed by atoms with van der Waals surface area (Å²) in [5, 5.41) is 0. The van der Waals surface area contributed by atoms with Crippen molar-refractivity contribution >= 4 is 11.6 Å². The molecule has 1 aromatic rings. The average molecular weight is 208 g/mol. The summed E-state index contributed by atoms with van der Waals surface area (Å²) in [7, 11) is 1.99. The molecule has 1 aliphatic heterocycles. The van der Waals surface area contributed by atoms with E-state index in [1.54, 1.807) is 12.4 Å². The number of hydrogen-bond donors (Lipinski definition) is 1. The number of anilines is 2. The van der Waals surface area contributed by atoms with Gasteiger partial charge in [0.1, 0.15) is 0 Å². The molecule has 1 aliphatic rings. The molecule has 0 bridgehead atoms. The maximum Gasteiger partial charge on any atom is 0.225 e. The van der Waals surface area contributed by atoms with Crippen LogP contribution in [0.15, 0.2) is 12.4 Å². The van der Waals surface area contributed by atoms with E-state index in [1.165, 1.54) is 0 Å². The van der Waals surface area contributed by atoms with E-state index >= 15 is 0 Å². The molecule has 1 aromatic heterocycles. The number of ether oxygens (including phenoxy) is 1. The van der Waals surface area contributed by atoms with E-state index in [0.717, 1.165) is 13.0 Å². The van der Waals surface area contributed by atoms with Crippen LogP contribution < -0.4 is 10.6 Å². The highest BCUT2D eigenvalue weighted by Gasteiger charge is 2.29. The van der Waals surface area contributed by atoms with Gasteiger partial charge in [0.2, 0.25) is 5.95 Å². The summed E-state index contributed by atoms with van der Waals surface area (Å²) < 4.78 is 5.51. The zero-order chi connectivity index (χ0) is 10.8. The van der Waals surface area contributed by atoms with Crippen molar-refractivity contribution in [3.05, 3.63) is 12.4 Å². The Kier molecular flexibility index (Phi) is 2.73. The van der Waals surface area contributed by atoms with Crippen molar-refractivity contribution in [3.8, 4) is 0 Å². The van der Waals surface area contributed by atoms with Gasteiger partial charge in [0.25, 0.3) is 0 Å². The first-order valence-corrected chi connectivity index (χ1v) is 5.10. The molecule has 5 nitrogen and oxygen atoms in total. The van der Waals surface area contributed by atoms with Crippen molar-refractivity contribution in [3.63, 3.8) is 0 Å². The fraction of sp³-hybridized carbons (Fsp3) is 0.600. The molecule has 1 saturated heterocycles. The molecule has 0 radical (unpaired) electrons. The van der Waals surface area contributed by atoms with Gasteiger partial charge in [-0.15, -0.1) is 0 Å². The topological polar surface area (TPSA) is 64.3 Å². The lowest BCUT2D eigenvalue weighted by molar-refractivity contribution is 0.118. The van der Waals surface area contributed by atoms with Crippen molar-refractivity contribution in [1.29, 1.82) is 0 Å². The van der Waals surface area contributed by atoms with Gasteiger partial charge in [-0.25, -0.2) is 9.97 Å². The summed E-state index contributed by atoms with van der Waals surface area (Å²) in [5.41, 5.74) is 6.13. The number of hydrogen-bond acceptors (Lipinski definition) is 5. The quantitative estimate of drug-likeness (QED) is 0.774. The number of rotatable bonds is 2. The molecule has 0 aromatic carbocycles. The van der Waals surface area contributed by atoms with Gasteiger partial charge >= 0.3 is 0 Å². The molecule has 2 unspecified atom stereocenters. The van der Waals surface area contributed by atoms with Crippen LogP contribution in [0, 0.1) is 0 Å². The van der Waals surface area contributed by atoms with Crippen LogP contribution in [-0.4, -0.2) is 35.8 Å². The Labute approximate surface area is 89.3 Å². The Morgan fingerprint density at radius 1 is 1.47 bits per heavy atom. The lowest BCUT2D eigenvalue weighted by Crippen LogP contribution is -2.37. The molecule has 2 N–H and O–H groups in total. The number of nitrogens with two attached hydrogens (primary N) is 1. The fourth-order valence-electron chi connectivity index (χ4n) is 1.89. The second kappa shape index (κ2) is 4.02. The van der Waals surface area contributed by atoms with E-state index in [4.69, 9.17) is 10.5 Å². The van der Waals surface area contributed by atoms with Gasteiger partial charge in [-0.1, -0.05) is 0 Å². The minimum atomic E-state index is 0.233. The lowest BCUT2D eigenvalue weighted by atomic mass is 10.1. The Balaban J connectivity index is 2.13. The zero-order valence-electron chi connectivity index (χ0n) is 9.05. The Hall–Kier alpha value is -1.36. The second-order valence-electron chi connectivity index (χ2n) is 3.86. The summed E-state index contributed by atoms with van der Waals surface area (Å²) >= 11 is 0. The predicted molar refractivity (Wildman–Crippen MR) is 58.7 cm³/mol. The molecule has 0 saturated carbocycles. The Morgan fingerprint density at radius 2 is 2.13 bits per heavy atom. The second-order valence-corrected chi connectivity index (χ2v) is 3.86. The molecule has 15 heavy (non-hydrogen) atoms. The molecule has 2 atom stereocenters. The van der Waals surface area contributed by atoms with Crippen molar-refractivity contribution < 1.29 is 4.74 Å². The van der Waals surface area contributed by atoms with Crippen LogP contribution in [0.1, 0.15) is 13.3 Å². The maximum atomic E-state index is 5.54. The third kappa shape index (κ3) is 2.02. The summed E-state index contributed by atoms with van der Waals surface area (Å²) in [5.74, 6) is 0.701. The number of nitrogen functional groups attached to an aromatic ring is 1. The molecule has 5 heteroatoms. The monoisotopic (exact) mass is 208 g/mol. The van der Waals surface area contributed by atoms with E-state index in [0.29, 0.717) is 17.7 Å². The molecular formula is C10H16N4O. The minimum Gasteiger partial charge on any atom is -0.396 e. The van der Waals surface area contributed by atoms with Crippen molar-refractivity contribution in [2.45, 2.75) is 25.5 Å². The van der Waals surface area contributed by atoms with Crippen molar-refractivity contribution in [1.82, 2.24) is 9.97 Å². The molecule has 2 heterocycles. The van der Waals surface area contributed by atoms with E-state index < -0.39 is 0 Å². The van der Waals surface area contributed by atoms with E-state index in [2.05, 4.69) is 21.8 Å². The summed E-state index contributed by atoms with van der Waals surface area (Å²) in [4.78, 5) is 10.4. The van der Waals surface area contributed by atoms with Gasteiger partial charge < -0.3 is 15.4 Å². The normalized spacial score (nSPS) is 25.5. The molecule has 82 valence electrons. The number of nitrogens with zero attached hydrogens (tertiary/aromatic N) is 3. The minimum absolute atomic E-state index is 0.233. The lowest BCUT2D eigenvalue weighted by Gasteiger charge is -2.26. The SMILES string of the molecule is CC1OCCC1N(C)c1ncc(N)cn1. The molecule has 0 spiro atoms. The first kappa shape index (κ1) is 10.2. The van der Waals surface area contributed by atoms with Gasteiger partial charge in [-0.3, -0.25) is 0 Å². The van der Waals surface area contributed by atoms with Gasteiger partial charge in [-0.05, 0) is 13.3 Å². The largest absolute Gasteiger partial charge is 0.396 e. The van der Waals surface area contributed by atoms with Crippen molar-refractivity contribution in [2.24, 2.45) is 0 Å². The molecule has 2 rings (SSSR count). The van der Waals surface area contributed by atoms with Gasteiger partial charge in [0.15, 0.2) is 0 Å². The highest BCUT2D eigenvalue weighted by molar-refractivity contribution is 5.38. The van der Waals surface area contributed by atoms with Gasteiger partial charge in [-0.2, -0.15) is 0 Å². The summed E-state index contributed by atoms with van der Waals surface area (Å²) in [6.45, 7) is 2.89. The Morgan fingerprint density at radius 3 is 2.67 bits per heavy atom. The zero-order valence-corrected chi connectivity index (χ0v) is 9.05. The van der Waals surface area contributed by atoms with Crippen LogP contribution in [0.5, 0.6) is 0 Å². The van der Waals surface area contributed by atoms with Crippen LogP contribution in [0.4, 0.5) is 11.6 Å². The fourth-order valence-corrected chi connectivity index (χ4v) is 1.89. The van der Waals surface area contributed by atoms with E-state index in [-0.39, 0.29) is 6.10 Å². The summed E-state index contributed by atoms with van der Waals surface area (Å²) in [6, 6.07) is 0.355. The van der Waals surface area contributed by atoms with Gasteiger partial charge in [0, 0.05) is 13.7 Å².